The summed E-state index contributed by atoms with van der Waals surface area (Å²) in [5.74, 6) is -0.319. The van der Waals surface area contributed by atoms with Gasteiger partial charge in [0.2, 0.25) is 10.0 Å². The molecule has 1 fully saturated rings. The maximum absolute atomic E-state index is 13.5. The molecule has 1 aliphatic heterocycles. The van der Waals surface area contributed by atoms with Crippen molar-refractivity contribution in [3.63, 3.8) is 0 Å². The van der Waals surface area contributed by atoms with E-state index >= 15 is 0 Å². The second-order valence-corrected chi connectivity index (χ2v) is 12.1. The average molecular weight is 550 g/mol. The zero-order valence-electron chi connectivity index (χ0n) is 20.6. The Bertz CT molecular complexity index is 1730. The molecule has 0 N–H and O–H groups in total. The van der Waals surface area contributed by atoms with Crippen LogP contribution in [0.4, 0.5) is 4.39 Å². The van der Waals surface area contributed by atoms with Crippen LogP contribution in [-0.4, -0.2) is 45.4 Å². The molecule has 0 spiro atoms. The predicted octanol–water partition coefficient (Wildman–Crippen LogP) is 5.13. The van der Waals surface area contributed by atoms with Gasteiger partial charge in [-0.15, -0.1) is 0 Å². The van der Waals surface area contributed by atoms with E-state index in [0.717, 1.165) is 27.7 Å². The number of sulfonamides is 1. The van der Waals surface area contributed by atoms with E-state index in [4.69, 9.17) is 11.6 Å². The second-order valence-electron chi connectivity index (χ2n) is 9.80. The fourth-order valence-electron chi connectivity index (χ4n) is 5.41. The SMILES string of the molecule is Cn1cc(S(=O)(=O)N2CCC(Cc3ccccc3)(c3cc4cnn(-c5ccc(F)cc5)c4cc3Cl)C2)cn1. The van der Waals surface area contributed by atoms with Gasteiger partial charge in [-0.2, -0.15) is 14.5 Å². The molecule has 10 heteroatoms. The van der Waals surface area contributed by atoms with E-state index in [1.54, 1.807) is 30.1 Å². The van der Waals surface area contributed by atoms with E-state index in [2.05, 4.69) is 22.3 Å². The van der Waals surface area contributed by atoms with Crippen molar-refractivity contribution in [1.29, 1.82) is 0 Å². The monoisotopic (exact) mass is 549 g/mol. The molecule has 38 heavy (non-hydrogen) atoms. The Morgan fingerprint density at radius 1 is 1.03 bits per heavy atom. The van der Waals surface area contributed by atoms with E-state index in [1.165, 1.54) is 33.5 Å². The number of halogens is 2. The number of fused-ring (bicyclic) bond motifs is 1. The van der Waals surface area contributed by atoms with Gasteiger partial charge in [0.25, 0.3) is 0 Å². The second kappa shape index (κ2) is 9.34. The van der Waals surface area contributed by atoms with Gasteiger partial charge in [0.05, 0.1) is 23.6 Å². The molecular formula is C28H25ClFN5O2S. The lowest BCUT2D eigenvalue weighted by Crippen LogP contribution is -2.36. The van der Waals surface area contributed by atoms with E-state index in [-0.39, 0.29) is 17.3 Å². The Morgan fingerprint density at radius 3 is 2.50 bits per heavy atom. The fourth-order valence-corrected chi connectivity index (χ4v) is 7.28. The molecule has 6 rings (SSSR count). The summed E-state index contributed by atoms with van der Waals surface area (Å²) in [6, 6.07) is 20.1. The molecule has 1 unspecified atom stereocenters. The minimum Gasteiger partial charge on any atom is -0.274 e. The topological polar surface area (TPSA) is 73.0 Å². The standard InChI is InChI=1S/C28H25ClFN5O2S/c1-33-18-24(17-31-33)38(36,37)34-12-11-28(19-34,15-20-5-3-2-4-6-20)25-13-21-16-32-35(27(21)14-26(25)29)23-9-7-22(30)8-10-23/h2-10,13-14,16-18H,11-12,15,19H2,1H3. The lowest BCUT2D eigenvalue weighted by molar-refractivity contribution is 0.415. The highest BCUT2D eigenvalue weighted by molar-refractivity contribution is 7.89. The van der Waals surface area contributed by atoms with Crippen LogP contribution in [0.3, 0.4) is 0 Å². The molecule has 0 aliphatic carbocycles. The summed E-state index contributed by atoms with van der Waals surface area (Å²) in [5, 5.41) is 9.99. The molecule has 194 valence electrons. The molecule has 5 aromatic rings. The van der Waals surface area contributed by atoms with Gasteiger partial charge >= 0.3 is 0 Å². The lowest BCUT2D eigenvalue weighted by atomic mass is 9.74. The Kier molecular flexibility index (Phi) is 6.09. The summed E-state index contributed by atoms with van der Waals surface area (Å²) in [6.07, 6.45) is 5.90. The van der Waals surface area contributed by atoms with Crippen molar-refractivity contribution in [1.82, 2.24) is 23.9 Å². The van der Waals surface area contributed by atoms with Crippen molar-refractivity contribution < 1.29 is 12.8 Å². The maximum atomic E-state index is 13.5. The van der Waals surface area contributed by atoms with Crippen molar-refractivity contribution in [2.75, 3.05) is 13.1 Å². The molecule has 0 amide bonds. The fraction of sp³-hybridized carbons (Fsp3) is 0.214. The van der Waals surface area contributed by atoms with E-state index in [0.29, 0.717) is 24.4 Å². The van der Waals surface area contributed by atoms with Crippen molar-refractivity contribution in [3.8, 4) is 5.69 Å². The van der Waals surface area contributed by atoms with Crippen LogP contribution in [-0.2, 0) is 28.9 Å². The summed E-state index contributed by atoms with van der Waals surface area (Å²) in [5.41, 5.74) is 2.96. The number of hydrogen-bond donors (Lipinski definition) is 0. The van der Waals surface area contributed by atoms with Crippen LogP contribution in [0, 0.1) is 5.82 Å². The summed E-state index contributed by atoms with van der Waals surface area (Å²) >= 11 is 6.98. The molecule has 3 aromatic carbocycles. The van der Waals surface area contributed by atoms with Crippen LogP contribution in [0.2, 0.25) is 5.02 Å². The van der Waals surface area contributed by atoms with Crippen LogP contribution in [0.5, 0.6) is 0 Å². The molecule has 1 aliphatic rings. The highest BCUT2D eigenvalue weighted by atomic mass is 35.5. The molecule has 2 aromatic heterocycles. The van der Waals surface area contributed by atoms with Gasteiger partial charge in [0.15, 0.2) is 0 Å². The molecular weight excluding hydrogens is 525 g/mol. The normalized spacial score (nSPS) is 18.4. The first kappa shape index (κ1) is 24.8. The molecule has 1 atom stereocenters. The summed E-state index contributed by atoms with van der Waals surface area (Å²) < 4.78 is 45.2. The Labute approximate surface area is 225 Å². The third-order valence-electron chi connectivity index (χ3n) is 7.32. The zero-order valence-corrected chi connectivity index (χ0v) is 22.2. The van der Waals surface area contributed by atoms with E-state index in [9.17, 15) is 12.8 Å². The summed E-state index contributed by atoms with van der Waals surface area (Å²) in [6.45, 7) is 0.656. The minimum atomic E-state index is -3.72. The van der Waals surface area contributed by atoms with Crippen LogP contribution < -0.4 is 0 Å². The van der Waals surface area contributed by atoms with E-state index in [1.807, 2.05) is 30.3 Å². The first-order valence-corrected chi connectivity index (χ1v) is 14.0. The summed E-state index contributed by atoms with van der Waals surface area (Å²) in [4.78, 5) is 0.178. The first-order chi connectivity index (χ1) is 18.2. The van der Waals surface area contributed by atoms with Gasteiger partial charge in [-0.05, 0) is 60.4 Å². The largest absolute Gasteiger partial charge is 0.274 e. The molecule has 7 nitrogen and oxygen atoms in total. The highest BCUT2D eigenvalue weighted by Gasteiger charge is 2.45. The van der Waals surface area contributed by atoms with Crippen LogP contribution in [0.15, 0.2) is 90.2 Å². The van der Waals surface area contributed by atoms with Crippen LogP contribution in [0.25, 0.3) is 16.6 Å². The first-order valence-electron chi connectivity index (χ1n) is 12.2. The minimum absolute atomic E-state index is 0.178. The van der Waals surface area contributed by atoms with Crippen molar-refractivity contribution in [2.24, 2.45) is 7.05 Å². The number of rotatable bonds is 6. The van der Waals surface area contributed by atoms with Crippen molar-refractivity contribution in [2.45, 2.75) is 23.2 Å². The smallest absolute Gasteiger partial charge is 0.246 e. The van der Waals surface area contributed by atoms with Crippen molar-refractivity contribution >= 4 is 32.5 Å². The predicted molar refractivity (Wildman–Crippen MR) is 144 cm³/mol. The number of benzene rings is 3. The van der Waals surface area contributed by atoms with Gasteiger partial charge in [-0.25, -0.2) is 17.5 Å². The van der Waals surface area contributed by atoms with Gasteiger partial charge in [0.1, 0.15) is 10.7 Å². The van der Waals surface area contributed by atoms with E-state index < -0.39 is 15.4 Å². The molecule has 1 saturated heterocycles. The molecule has 0 saturated carbocycles. The molecule has 3 heterocycles. The van der Waals surface area contributed by atoms with Gasteiger partial charge in [-0.1, -0.05) is 41.9 Å². The quantitative estimate of drug-likeness (QED) is 0.294. The number of hydrogen-bond acceptors (Lipinski definition) is 4. The zero-order chi connectivity index (χ0) is 26.5. The van der Waals surface area contributed by atoms with Gasteiger partial charge in [0, 0.05) is 42.2 Å². The third-order valence-corrected chi connectivity index (χ3v) is 9.43. The Morgan fingerprint density at radius 2 is 1.79 bits per heavy atom. The molecule has 0 bridgehead atoms. The van der Waals surface area contributed by atoms with Crippen LogP contribution >= 0.6 is 11.6 Å². The van der Waals surface area contributed by atoms with Crippen LogP contribution in [0.1, 0.15) is 17.5 Å². The highest BCUT2D eigenvalue weighted by Crippen LogP contribution is 2.44. The number of aryl methyl sites for hydroxylation is 1. The van der Waals surface area contributed by atoms with Crippen molar-refractivity contribution in [3.05, 3.63) is 107 Å². The number of aromatic nitrogens is 4. The third kappa shape index (κ3) is 4.30. The Balaban J connectivity index is 1.44. The number of nitrogens with zero attached hydrogens (tertiary/aromatic N) is 5. The van der Waals surface area contributed by atoms with Gasteiger partial charge < -0.3 is 0 Å². The van der Waals surface area contributed by atoms with Gasteiger partial charge in [-0.3, -0.25) is 4.68 Å². The maximum Gasteiger partial charge on any atom is 0.246 e. The Hall–Kier alpha value is -3.53. The molecule has 0 radical (unpaired) electrons. The lowest BCUT2D eigenvalue weighted by Gasteiger charge is -2.31. The average Bonchev–Trinajstić information content (AvgIpc) is 3.64. The summed E-state index contributed by atoms with van der Waals surface area (Å²) in [7, 11) is -2.02.